The van der Waals surface area contributed by atoms with Crippen molar-refractivity contribution in [3.05, 3.63) is 42.2 Å². The number of aliphatic imine (C=N–C) groups is 1. The maximum Gasteiger partial charge on any atom is 0.191 e. The van der Waals surface area contributed by atoms with E-state index < -0.39 is 0 Å². The average Bonchev–Trinajstić information content (AvgIpc) is 3.15. The predicted molar refractivity (Wildman–Crippen MR) is 124 cm³/mol. The van der Waals surface area contributed by atoms with E-state index in [0.717, 1.165) is 49.3 Å². The molecule has 2 N–H and O–H groups in total. The quantitative estimate of drug-likeness (QED) is 0.227. The summed E-state index contributed by atoms with van der Waals surface area (Å²) in [6.07, 6.45) is 2.89. The van der Waals surface area contributed by atoms with Crippen LogP contribution in [0.2, 0.25) is 0 Å². The van der Waals surface area contributed by atoms with Gasteiger partial charge in [0.05, 0.1) is 25.0 Å². The highest BCUT2D eigenvalue weighted by atomic mass is 127. The maximum absolute atomic E-state index is 5.58. The number of hydrogen-bond donors (Lipinski definition) is 2. The lowest BCUT2D eigenvalue weighted by molar-refractivity contribution is 0.108. The molecule has 7 nitrogen and oxygen atoms in total. The molecule has 28 heavy (non-hydrogen) atoms. The molecule has 0 saturated carbocycles. The SMILES string of the molecule is CN=C(NCCCOCC(C)C)NCc1ccn(-c2ccc(OC)cc2)n1.I. The van der Waals surface area contributed by atoms with Crippen molar-refractivity contribution in [1.29, 1.82) is 0 Å². The lowest BCUT2D eigenvalue weighted by Gasteiger charge is -2.11. The van der Waals surface area contributed by atoms with Crippen LogP contribution in [0.1, 0.15) is 26.0 Å². The summed E-state index contributed by atoms with van der Waals surface area (Å²) >= 11 is 0. The molecule has 8 heteroatoms. The number of ether oxygens (including phenoxy) is 2. The number of rotatable bonds is 10. The topological polar surface area (TPSA) is 72.7 Å². The van der Waals surface area contributed by atoms with Gasteiger partial charge in [0, 0.05) is 33.0 Å². The highest BCUT2D eigenvalue weighted by Crippen LogP contribution is 2.14. The van der Waals surface area contributed by atoms with Gasteiger partial charge in [-0.05, 0) is 42.7 Å². The number of benzene rings is 1. The van der Waals surface area contributed by atoms with Crippen LogP contribution in [0.4, 0.5) is 0 Å². The van der Waals surface area contributed by atoms with Crippen molar-refractivity contribution in [2.45, 2.75) is 26.8 Å². The standard InChI is InChI=1S/C20H31N5O2.HI/c1-16(2)15-27-13-5-11-22-20(21-3)23-14-17-10-12-25(24-17)18-6-8-19(26-4)9-7-18;/h6-10,12,16H,5,11,13-15H2,1-4H3,(H2,21,22,23);1H. The Hall–Kier alpha value is -1.81. The third-order valence-corrected chi connectivity index (χ3v) is 3.85. The first-order valence-electron chi connectivity index (χ1n) is 9.33. The van der Waals surface area contributed by atoms with Gasteiger partial charge in [-0.1, -0.05) is 13.8 Å². The second kappa shape index (κ2) is 13.4. The molecule has 156 valence electrons. The van der Waals surface area contributed by atoms with Crippen molar-refractivity contribution in [3.8, 4) is 11.4 Å². The van der Waals surface area contributed by atoms with E-state index in [-0.39, 0.29) is 24.0 Å². The summed E-state index contributed by atoms with van der Waals surface area (Å²) in [6.45, 7) is 7.29. The van der Waals surface area contributed by atoms with E-state index in [1.165, 1.54) is 0 Å². The van der Waals surface area contributed by atoms with Crippen LogP contribution in [-0.2, 0) is 11.3 Å². The molecule has 0 spiro atoms. The summed E-state index contributed by atoms with van der Waals surface area (Å²) in [7, 11) is 3.42. The van der Waals surface area contributed by atoms with Gasteiger partial charge in [0.1, 0.15) is 5.75 Å². The molecule has 2 aromatic rings. The molecule has 1 aromatic heterocycles. The van der Waals surface area contributed by atoms with E-state index in [9.17, 15) is 0 Å². The fourth-order valence-corrected chi connectivity index (χ4v) is 2.43. The van der Waals surface area contributed by atoms with Crippen LogP contribution in [0.3, 0.4) is 0 Å². The van der Waals surface area contributed by atoms with E-state index in [4.69, 9.17) is 9.47 Å². The third-order valence-electron chi connectivity index (χ3n) is 3.85. The van der Waals surface area contributed by atoms with E-state index >= 15 is 0 Å². The predicted octanol–water partition coefficient (Wildman–Crippen LogP) is 3.23. The number of hydrogen-bond acceptors (Lipinski definition) is 4. The van der Waals surface area contributed by atoms with Crippen molar-refractivity contribution in [2.75, 3.05) is 33.9 Å². The molecule has 1 aromatic carbocycles. The van der Waals surface area contributed by atoms with Crippen molar-refractivity contribution in [2.24, 2.45) is 10.9 Å². The Bertz CT molecular complexity index is 701. The van der Waals surface area contributed by atoms with Gasteiger partial charge in [0.2, 0.25) is 0 Å². The van der Waals surface area contributed by atoms with Crippen LogP contribution in [0.25, 0.3) is 5.69 Å². The number of nitrogens with one attached hydrogen (secondary N) is 2. The summed E-state index contributed by atoms with van der Waals surface area (Å²) < 4.78 is 12.6. The van der Waals surface area contributed by atoms with Crippen molar-refractivity contribution >= 4 is 29.9 Å². The number of halogens is 1. The van der Waals surface area contributed by atoms with Gasteiger partial charge in [-0.25, -0.2) is 4.68 Å². The molecule has 0 fully saturated rings. The molecule has 1 heterocycles. The fourth-order valence-electron chi connectivity index (χ4n) is 2.43. The Kier molecular flexibility index (Phi) is 11.6. The summed E-state index contributed by atoms with van der Waals surface area (Å²) in [4.78, 5) is 4.24. The van der Waals surface area contributed by atoms with Gasteiger partial charge in [-0.2, -0.15) is 5.10 Å². The van der Waals surface area contributed by atoms with Gasteiger partial charge in [0.25, 0.3) is 0 Å². The normalized spacial score (nSPS) is 11.2. The Morgan fingerprint density at radius 1 is 1.18 bits per heavy atom. The van der Waals surface area contributed by atoms with Crippen LogP contribution < -0.4 is 15.4 Å². The van der Waals surface area contributed by atoms with E-state index in [1.54, 1.807) is 14.2 Å². The Labute approximate surface area is 184 Å². The molecule has 0 amide bonds. The van der Waals surface area contributed by atoms with E-state index in [2.05, 4.69) is 34.6 Å². The third kappa shape index (κ3) is 8.47. The van der Waals surface area contributed by atoms with E-state index in [1.807, 2.05) is 41.2 Å². The largest absolute Gasteiger partial charge is 0.497 e. The van der Waals surface area contributed by atoms with Crippen molar-refractivity contribution in [1.82, 2.24) is 20.4 Å². The minimum atomic E-state index is 0. The van der Waals surface area contributed by atoms with Crippen molar-refractivity contribution < 1.29 is 9.47 Å². The molecule has 0 atom stereocenters. The number of nitrogens with zero attached hydrogens (tertiary/aromatic N) is 3. The van der Waals surface area contributed by atoms with E-state index in [0.29, 0.717) is 12.5 Å². The Morgan fingerprint density at radius 2 is 1.93 bits per heavy atom. The molecule has 0 bridgehead atoms. The smallest absolute Gasteiger partial charge is 0.191 e. The molecule has 0 saturated heterocycles. The second-order valence-electron chi connectivity index (χ2n) is 6.62. The van der Waals surface area contributed by atoms with Gasteiger partial charge in [-0.3, -0.25) is 4.99 Å². The van der Waals surface area contributed by atoms with Gasteiger partial charge < -0.3 is 20.1 Å². The highest BCUT2D eigenvalue weighted by molar-refractivity contribution is 14.0. The Morgan fingerprint density at radius 3 is 2.57 bits per heavy atom. The minimum Gasteiger partial charge on any atom is -0.497 e. The van der Waals surface area contributed by atoms with Crippen LogP contribution in [0, 0.1) is 5.92 Å². The second-order valence-corrected chi connectivity index (χ2v) is 6.62. The van der Waals surface area contributed by atoms with Crippen LogP contribution in [0.5, 0.6) is 5.75 Å². The molecule has 0 unspecified atom stereocenters. The molecule has 0 aliphatic carbocycles. The molecule has 0 radical (unpaired) electrons. The Balaban J connectivity index is 0.00000392. The number of guanidine groups is 1. The lowest BCUT2D eigenvalue weighted by Crippen LogP contribution is -2.37. The first-order chi connectivity index (χ1) is 13.1. The zero-order valence-electron chi connectivity index (χ0n) is 17.1. The van der Waals surface area contributed by atoms with Gasteiger partial charge in [-0.15, -0.1) is 24.0 Å². The zero-order chi connectivity index (χ0) is 19.5. The first-order valence-corrected chi connectivity index (χ1v) is 9.33. The van der Waals surface area contributed by atoms with Crippen LogP contribution in [-0.4, -0.2) is 49.7 Å². The molecule has 0 aliphatic rings. The number of aromatic nitrogens is 2. The summed E-state index contributed by atoms with van der Waals surface area (Å²) in [5, 5.41) is 11.2. The van der Waals surface area contributed by atoms with Crippen LogP contribution >= 0.6 is 24.0 Å². The monoisotopic (exact) mass is 501 g/mol. The summed E-state index contributed by atoms with van der Waals surface area (Å²) in [6, 6.07) is 9.79. The highest BCUT2D eigenvalue weighted by Gasteiger charge is 2.04. The molecular weight excluding hydrogens is 469 g/mol. The summed E-state index contributed by atoms with van der Waals surface area (Å²) in [5.41, 5.74) is 1.93. The van der Waals surface area contributed by atoms with Gasteiger partial charge in [0.15, 0.2) is 5.96 Å². The molecule has 0 aliphatic heterocycles. The van der Waals surface area contributed by atoms with Crippen molar-refractivity contribution in [3.63, 3.8) is 0 Å². The maximum atomic E-state index is 5.58. The molecular formula is C20H32IN5O2. The minimum absolute atomic E-state index is 0. The van der Waals surface area contributed by atoms with Crippen LogP contribution in [0.15, 0.2) is 41.5 Å². The molecule has 2 rings (SSSR count). The zero-order valence-corrected chi connectivity index (χ0v) is 19.5. The lowest BCUT2D eigenvalue weighted by atomic mass is 10.2. The summed E-state index contributed by atoms with van der Waals surface area (Å²) in [5.74, 6) is 2.17. The fraction of sp³-hybridized carbons (Fsp3) is 0.500. The number of methoxy groups -OCH3 is 1. The average molecular weight is 501 g/mol. The first kappa shape index (κ1) is 24.2. The van der Waals surface area contributed by atoms with Gasteiger partial charge >= 0.3 is 0 Å².